The van der Waals surface area contributed by atoms with Crippen LogP contribution in [0.2, 0.25) is 0 Å². The van der Waals surface area contributed by atoms with Gasteiger partial charge in [0.05, 0.1) is 31.1 Å². The molecule has 1 aliphatic rings. The van der Waals surface area contributed by atoms with Gasteiger partial charge in [0.1, 0.15) is 5.58 Å². The summed E-state index contributed by atoms with van der Waals surface area (Å²) < 4.78 is 40.9. The summed E-state index contributed by atoms with van der Waals surface area (Å²) in [4.78, 5) is 27.9. The maximum atomic E-state index is 13.6. The van der Waals surface area contributed by atoms with E-state index in [9.17, 15) is 18.0 Å². The fraction of sp³-hybridized carbons (Fsp3) is 0.360. The predicted octanol–water partition coefficient (Wildman–Crippen LogP) is 3.26. The van der Waals surface area contributed by atoms with E-state index in [0.29, 0.717) is 28.9 Å². The molecule has 1 aliphatic heterocycles. The molecule has 2 heterocycles. The largest absolute Gasteiger partial charge is 0.493 e. The van der Waals surface area contributed by atoms with Crippen molar-refractivity contribution in [1.29, 1.82) is 0 Å². The number of hydrogen-bond acceptors (Lipinski definition) is 7. The second kappa shape index (κ2) is 9.13. The number of sulfone groups is 1. The van der Waals surface area contributed by atoms with E-state index >= 15 is 0 Å². The van der Waals surface area contributed by atoms with Gasteiger partial charge in [0.15, 0.2) is 32.5 Å². The summed E-state index contributed by atoms with van der Waals surface area (Å²) in [7, 11) is -0.211. The van der Waals surface area contributed by atoms with E-state index in [-0.39, 0.29) is 29.2 Å². The first-order valence-corrected chi connectivity index (χ1v) is 12.7. The molecule has 0 aliphatic carbocycles. The summed E-state index contributed by atoms with van der Waals surface area (Å²) in [5.41, 5.74) is 2.61. The maximum Gasteiger partial charge on any atom is 0.290 e. The Balaban J connectivity index is 1.75. The Morgan fingerprint density at radius 3 is 2.41 bits per heavy atom. The van der Waals surface area contributed by atoms with Gasteiger partial charge in [-0.3, -0.25) is 9.59 Å². The SMILES string of the molecule is COc1ccc(CN(C(=O)c2cc(=O)c3cc(C)c(C)cc3o2)[C@H]2CCS(=O)(=O)C2)cc1OC. The van der Waals surface area contributed by atoms with Crippen LogP contribution in [-0.2, 0) is 16.4 Å². The quantitative estimate of drug-likeness (QED) is 0.528. The van der Waals surface area contributed by atoms with Crippen LogP contribution in [0.3, 0.4) is 0 Å². The fourth-order valence-corrected chi connectivity index (χ4v) is 5.95. The second-order valence-electron chi connectivity index (χ2n) is 8.59. The number of carbonyl (C=O) groups is 1. The van der Waals surface area contributed by atoms with E-state index in [1.165, 1.54) is 25.2 Å². The zero-order chi connectivity index (χ0) is 24.6. The summed E-state index contributed by atoms with van der Waals surface area (Å²) in [6.07, 6.45) is 0.317. The van der Waals surface area contributed by atoms with Gasteiger partial charge in [-0.25, -0.2) is 8.42 Å². The third-order valence-corrected chi connectivity index (χ3v) is 8.02. The number of fused-ring (bicyclic) bond motifs is 1. The highest BCUT2D eigenvalue weighted by Gasteiger charge is 2.36. The lowest BCUT2D eigenvalue weighted by molar-refractivity contribution is 0.0648. The first-order chi connectivity index (χ1) is 16.1. The van der Waals surface area contributed by atoms with Gasteiger partial charge >= 0.3 is 0 Å². The van der Waals surface area contributed by atoms with Gasteiger partial charge in [-0.15, -0.1) is 0 Å². The first kappa shape index (κ1) is 23.8. The molecule has 1 fully saturated rings. The van der Waals surface area contributed by atoms with Crippen molar-refractivity contribution in [3.05, 3.63) is 69.1 Å². The van der Waals surface area contributed by atoms with Crippen LogP contribution in [0.25, 0.3) is 11.0 Å². The van der Waals surface area contributed by atoms with Crippen molar-refractivity contribution in [2.45, 2.75) is 32.9 Å². The molecule has 34 heavy (non-hydrogen) atoms. The Kier molecular flexibility index (Phi) is 6.40. The number of methoxy groups -OCH3 is 2. The maximum absolute atomic E-state index is 13.6. The van der Waals surface area contributed by atoms with Crippen molar-refractivity contribution in [1.82, 2.24) is 4.90 Å². The van der Waals surface area contributed by atoms with E-state index in [1.807, 2.05) is 13.8 Å². The minimum Gasteiger partial charge on any atom is -0.493 e. The van der Waals surface area contributed by atoms with E-state index in [4.69, 9.17) is 13.9 Å². The van der Waals surface area contributed by atoms with E-state index in [1.54, 1.807) is 30.3 Å². The zero-order valence-corrected chi connectivity index (χ0v) is 20.4. The van der Waals surface area contributed by atoms with Gasteiger partial charge in [-0.1, -0.05) is 6.07 Å². The summed E-state index contributed by atoms with van der Waals surface area (Å²) in [5, 5.41) is 0.398. The molecule has 0 bridgehead atoms. The normalized spacial score (nSPS) is 17.0. The number of aryl methyl sites for hydroxylation is 2. The molecule has 8 nitrogen and oxygen atoms in total. The van der Waals surface area contributed by atoms with Crippen molar-refractivity contribution in [2.24, 2.45) is 0 Å². The molecule has 180 valence electrons. The number of nitrogens with zero attached hydrogens (tertiary/aromatic N) is 1. The second-order valence-corrected chi connectivity index (χ2v) is 10.8. The van der Waals surface area contributed by atoms with Crippen LogP contribution in [0.15, 0.2) is 45.6 Å². The molecule has 1 aromatic heterocycles. The van der Waals surface area contributed by atoms with Crippen molar-refractivity contribution in [2.75, 3.05) is 25.7 Å². The number of ether oxygens (including phenoxy) is 2. The van der Waals surface area contributed by atoms with Crippen LogP contribution in [0.1, 0.15) is 33.7 Å². The van der Waals surface area contributed by atoms with Crippen LogP contribution in [0.5, 0.6) is 11.5 Å². The highest BCUT2D eigenvalue weighted by molar-refractivity contribution is 7.91. The lowest BCUT2D eigenvalue weighted by Crippen LogP contribution is -2.41. The Morgan fingerprint density at radius 1 is 1.06 bits per heavy atom. The zero-order valence-electron chi connectivity index (χ0n) is 19.6. The van der Waals surface area contributed by atoms with Gasteiger partial charge < -0.3 is 18.8 Å². The predicted molar refractivity (Wildman–Crippen MR) is 128 cm³/mol. The molecule has 0 saturated carbocycles. The number of hydrogen-bond donors (Lipinski definition) is 0. The summed E-state index contributed by atoms with van der Waals surface area (Å²) >= 11 is 0. The minimum absolute atomic E-state index is 0.00746. The van der Waals surface area contributed by atoms with Crippen molar-refractivity contribution in [3.63, 3.8) is 0 Å². The Hall–Kier alpha value is -3.33. The van der Waals surface area contributed by atoms with Gasteiger partial charge in [-0.2, -0.15) is 0 Å². The van der Waals surface area contributed by atoms with Gasteiger partial charge in [0.2, 0.25) is 0 Å². The van der Waals surface area contributed by atoms with Crippen LogP contribution in [0, 0.1) is 13.8 Å². The van der Waals surface area contributed by atoms with Gasteiger partial charge in [-0.05, 0) is 61.2 Å². The van der Waals surface area contributed by atoms with Gasteiger partial charge in [0.25, 0.3) is 5.91 Å². The molecule has 1 saturated heterocycles. The highest BCUT2D eigenvalue weighted by Crippen LogP contribution is 2.30. The summed E-state index contributed by atoms with van der Waals surface area (Å²) in [6, 6.07) is 9.39. The van der Waals surface area contributed by atoms with Crippen LogP contribution in [0.4, 0.5) is 0 Å². The molecule has 3 aromatic rings. The number of amides is 1. The average Bonchev–Trinajstić information content (AvgIpc) is 3.17. The highest BCUT2D eigenvalue weighted by atomic mass is 32.2. The third kappa shape index (κ3) is 4.65. The van der Waals surface area contributed by atoms with Crippen molar-refractivity contribution in [3.8, 4) is 11.5 Å². The standard InChI is InChI=1S/C25H27NO7S/c1-15-9-19-20(27)12-24(33-22(19)10-16(15)2)25(28)26(18-7-8-34(29,30)14-18)13-17-5-6-21(31-3)23(11-17)32-4/h5-6,9-12,18H,7-8,13-14H2,1-4H3/t18-/m0/s1. The molecule has 0 unspecified atom stereocenters. The van der Waals surface area contributed by atoms with Crippen molar-refractivity contribution < 1.29 is 27.1 Å². The molecule has 9 heteroatoms. The minimum atomic E-state index is -3.26. The Morgan fingerprint density at radius 2 is 1.76 bits per heavy atom. The fourth-order valence-electron chi connectivity index (χ4n) is 4.22. The Labute approximate surface area is 198 Å². The number of carbonyl (C=O) groups excluding carboxylic acids is 1. The molecule has 0 radical (unpaired) electrons. The van der Waals surface area contributed by atoms with Crippen molar-refractivity contribution >= 4 is 26.7 Å². The van der Waals surface area contributed by atoms with E-state index < -0.39 is 21.8 Å². The monoisotopic (exact) mass is 485 g/mol. The Bertz CT molecular complexity index is 1430. The molecule has 0 N–H and O–H groups in total. The molecular formula is C25H27NO7S. The smallest absolute Gasteiger partial charge is 0.290 e. The third-order valence-electron chi connectivity index (χ3n) is 6.27. The van der Waals surface area contributed by atoms with E-state index in [0.717, 1.165) is 16.7 Å². The van der Waals surface area contributed by atoms with Crippen LogP contribution >= 0.6 is 0 Å². The molecule has 1 amide bonds. The molecule has 4 rings (SSSR count). The van der Waals surface area contributed by atoms with Crippen LogP contribution in [-0.4, -0.2) is 51.0 Å². The molecule has 1 atom stereocenters. The van der Waals surface area contributed by atoms with E-state index in [2.05, 4.69) is 0 Å². The number of benzene rings is 2. The lowest BCUT2D eigenvalue weighted by atomic mass is 10.1. The van der Waals surface area contributed by atoms with Gasteiger partial charge in [0, 0.05) is 18.7 Å². The molecule has 0 spiro atoms. The molecule has 2 aromatic carbocycles. The number of rotatable bonds is 6. The first-order valence-electron chi connectivity index (χ1n) is 10.9. The summed E-state index contributed by atoms with van der Waals surface area (Å²) in [5.74, 6) is 0.253. The van der Waals surface area contributed by atoms with Crippen LogP contribution < -0.4 is 14.9 Å². The molecular weight excluding hydrogens is 458 g/mol. The topological polar surface area (TPSA) is 103 Å². The average molecular weight is 486 g/mol. The summed E-state index contributed by atoms with van der Waals surface area (Å²) in [6.45, 7) is 3.92. The lowest BCUT2D eigenvalue weighted by Gasteiger charge is -2.28.